The van der Waals surface area contributed by atoms with Crippen LogP contribution < -0.4 is 4.74 Å². The van der Waals surface area contributed by atoms with Gasteiger partial charge in [0.05, 0.1) is 17.5 Å². The van der Waals surface area contributed by atoms with E-state index in [4.69, 9.17) is 27.9 Å². The van der Waals surface area contributed by atoms with Crippen LogP contribution in [0.2, 0.25) is 5.02 Å². The average Bonchev–Trinajstić information content (AvgIpc) is 2.41. The second-order valence-electron chi connectivity index (χ2n) is 3.92. The minimum Gasteiger partial charge on any atom is -0.497 e. The molecule has 0 aliphatic carbocycles. The Hall–Kier alpha value is -0.220. The largest absolute Gasteiger partial charge is 0.497 e. The molecule has 0 spiro atoms. The Bertz CT molecular complexity index is 602. The summed E-state index contributed by atoms with van der Waals surface area (Å²) < 4.78 is 6.92. The van der Waals surface area contributed by atoms with Gasteiger partial charge in [0.1, 0.15) is 5.75 Å². The summed E-state index contributed by atoms with van der Waals surface area (Å²) in [5.41, 5.74) is 1.96. The van der Waals surface area contributed by atoms with Gasteiger partial charge in [0.25, 0.3) is 0 Å². The van der Waals surface area contributed by atoms with Gasteiger partial charge in [0.2, 0.25) is 0 Å². The van der Waals surface area contributed by atoms with Crippen molar-refractivity contribution in [3.05, 3.63) is 61.5 Å². The number of benzene rings is 2. The summed E-state index contributed by atoms with van der Waals surface area (Å²) in [6.45, 7) is 0. The van der Waals surface area contributed by atoms with Crippen LogP contribution in [-0.2, 0) is 0 Å². The molecule has 0 aliphatic heterocycles. The molecule has 0 amide bonds. The maximum absolute atomic E-state index is 6.52. The summed E-state index contributed by atoms with van der Waals surface area (Å²) in [6, 6.07) is 11.4. The van der Waals surface area contributed by atoms with Gasteiger partial charge in [-0.1, -0.05) is 39.7 Å². The number of ether oxygens (including phenoxy) is 1. The SMILES string of the molecule is COc1ccc(C(Cl)c2ccc(Cl)c(Br)c2)c(Br)c1. The van der Waals surface area contributed by atoms with E-state index in [1.165, 1.54) is 0 Å². The van der Waals surface area contributed by atoms with Gasteiger partial charge in [-0.05, 0) is 51.3 Å². The minimum absolute atomic E-state index is 0.256. The summed E-state index contributed by atoms with van der Waals surface area (Å²) in [4.78, 5) is 0. The monoisotopic (exact) mass is 422 g/mol. The lowest BCUT2D eigenvalue weighted by Gasteiger charge is -2.14. The summed E-state index contributed by atoms with van der Waals surface area (Å²) in [5.74, 6) is 0.789. The molecule has 2 aromatic carbocycles. The first-order valence-corrected chi connectivity index (χ1v) is 7.85. The highest BCUT2D eigenvalue weighted by Crippen LogP contribution is 2.37. The third kappa shape index (κ3) is 3.46. The molecule has 0 fully saturated rings. The Kier molecular flexibility index (Phi) is 5.18. The lowest BCUT2D eigenvalue weighted by Crippen LogP contribution is -1.95. The van der Waals surface area contributed by atoms with Crippen molar-refractivity contribution in [3.8, 4) is 5.75 Å². The van der Waals surface area contributed by atoms with E-state index in [-0.39, 0.29) is 5.38 Å². The normalized spacial score (nSPS) is 12.3. The molecular weight excluding hydrogens is 415 g/mol. The second kappa shape index (κ2) is 6.49. The molecule has 0 bridgehead atoms. The third-order valence-electron chi connectivity index (χ3n) is 2.72. The molecule has 19 heavy (non-hydrogen) atoms. The molecule has 0 radical (unpaired) electrons. The molecular formula is C14H10Br2Cl2O. The zero-order valence-electron chi connectivity index (χ0n) is 9.96. The first-order valence-electron chi connectivity index (χ1n) is 5.45. The van der Waals surface area contributed by atoms with Gasteiger partial charge in [0, 0.05) is 8.95 Å². The van der Waals surface area contributed by atoms with Gasteiger partial charge >= 0.3 is 0 Å². The number of hydrogen-bond donors (Lipinski definition) is 0. The Morgan fingerprint density at radius 3 is 2.37 bits per heavy atom. The second-order valence-corrected chi connectivity index (χ2v) is 6.48. The van der Waals surface area contributed by atoms with Gasteiger partial charge < -0.3 is 4.74 Å². The molecule has 0 N–H and O–H groups in total. The molecule has 2 aromatic rings. The van der Waals surface area contributed by atoms with Gasteiger partial charge in [-0.25, -0.2) is 0 Å². The molecule has 0 saturated carbocycles. The van der Waals surface area contributed by atoms with Crippen molar-refractivity contribution in [1.82, 2.24) is 0 Å². The topological polar surface area (TPSA) is 9.23 Å². The van der Waals surface area contributed by atoms with Crippen LogP contribution in [0.25, 0.3) is 0 Å². The number of halogens is 4. The lowest BCUT2D eigenvalue weighted by atomic mass is 10.0. The molecule has 1 unspecified atom stereocenters. The van der Waals surface area contributed by atoms with Crippen LogP contribution >= 0.6 is 55.1 Å². The molecule has 0 aromatic heterocycles. The molecule has 1 nitrogen and oxygen atoms in total. The van der Waals surface area contributed by atoms with Crippen LogP contribution in [0, 0.1) is 0 Å². The molecule has 0 saturated heterocycles. The highest BCUT2D eigenvalue weighted by molar-refractivity contribution is 9.10. The van der Waals surface area contributed by atoms with Gasteiger partial charge in [0.15, 0.2) is 0 Å². The maximum atomic E-state index is 6.52. The number of rotatable bonds is 3. The standard InChI is InChI=1S/C14H10Br2Cl2O/c1-19-9-3-4-10(11(15)7-9)14(18)8-2-5-13(17)12(16)6-8/h2-7,14H,1H3. The van der Waals surface area contributed by atoms with E-state index < -0.39 is 0 Å². The van der Waals surface area contributed by atoms with Crippen molar-refractivity contribution in [2.45, 2.75) is 5.38 Å². The number of hydrogen-bond acceptors (Lipinski definition) is 1. The Balaban J connectivity index is 2.38. The average molecular weight is 425 g/mol. The Labute approximate surface area is 139 Å². The fourth-order valence-electron chi connectivity index (χ4n) is 1.69. The minimum atomic E-state index is -0.256. The summed E-state index contributed by atoms with van der Waals surface area (Å²) in [5, 5.41) is 0.412. The van der Waals surface area contributed by atoms with E-state index in [1.807, 2.05) is 36.4 Å². The van der Waals surface area contributed by atoms with E-state index in [0.29, 0.717) is 5.02 Å². The smallest absolute Gasteiger partial charge is 0.120 e. The van der Waals surface area contributed by atoms with E-state index in [9.17, 15) is 0 Å². The summed E-state index contributed by atoms with van der Waals surface area (Å²) in [7, 11) is 1.63. The number of methoxy groups -OCH3 is 1. The Morgan fingerprint density at radius 2 is 1.79 bits per heavy atom. The van der Waals surface area contributed by atoms with E-state index >= 15 is 0 Å². The van der Waals surface area contributed by atoms with E-state index in [1.54, 1.807) is 7.11 Å². The molecule has 0 heterocycles. The fourth-order valence-corrected chi connectivity index (χ4v) is 3.25. The summed E-state index contributed by atoms with van der Waals surface area (Å²) >= 11 is 19.4. The van der Waals surface area contributed by atoms with Crippen molar-refractivity contribution in [2.75, 3.05) is 7.11 Å². The van der Waals surface area contributed by atoms with Crippen LogP contribution in [0.15, 0.2) is 45.3 Å². The van der Waals surface area contributed by atoms with Crippen molar-refractivity contribution in [2.24, 2.45) is 0 Å². The van der Waals surface area contributed by atoms with Crippen molar-refractivity contribution in [3.63, 3.8) is 0 Å². The zero-order chi connectivity index (χ0) is 14.0. The van der Waals surface area contributed by atoms with E-state index in [0.717, 1.165) is 25.8 Å². The molecule has 100 valence electrons. The fraction of sp³-hybridized carbons (Fsp3) is 0.143. The molecule has 5 heteroatoms. The quantitative estimate of drug-likeness (QED) is 0.533. The molecule has 1 atom stereocenters. The van der Waals surface area contributed by atoms with Gasteiger partial charge in [-0.3, -0.25) is 0 Å². The van der Waals surface area contributed by atoms with E-state index in [2.05, 4.69) is 31.9 Å². The van der Waals surface area contributed by atoms with Gasteiger partial charge in [-0.15, -0.1) is 11.6 Å². The van der Waals surface area contributed by atoms with Gasteiger partial charge in [-0.2, -0.15) is 0 Å². The number of alkyl halides is 1. The van der Waals surface area contributed by atoms with Crippen LogP contribution in [-0.4, -0.2) is 7.11 Å². The Morgan fingerprint density at radius 1 is 1.05 bits per heavy atom. The summed E-state index contributed by atoms with van der Waals surface area (Å²) in [6.07, 6.45) is 0. The van der Waals surface area contributed by atoms with Crippen molar-refractivity contribution >= 4 is 55.1 Å². The van der Waals surface area contributed by atoms with Crippen molar-refractivity contribution < 1.29 is 4.74 Å². The van der Waals surface area contributed by atoms with Crippen LogP contribution in [0.3, 0.4) is 0 Å². The maximum Gasteiger partial charge on any atom is 0.120 e. The predicted molar refractivity (Wildman–Crippen MR) is 87.5 cm³/mol. The zero-order valence-corrected chi connectivity index (χ0v) is 14.6. The van der Waals surface area contributed by atoms with Crippen LogP contribution in [0.1, 0.15) is 16.5 Å². The molecule has 0 aliphatic rings. The predicted octanol–water partition coefficient (Wildman–Crippen LogP) is 6.20. The molecule has 2 rings (SSSR count). The highest BCUT2D eigenvalue weighted by Gasteiger charge is 2.15. The lowest BCUT2D eigenvalue weighted by molar-refractivity contribution is 0.414. The van der Waals surface area contributed by atoms with Crippen molar-refractivity contribution in [1.29, 1.82) is 0 Å². The first kappa shape index (κ1) is 15.2. The highest BCUT2D eigenvalue weighted by atomic mass is 79.9. The van der Waals surface area contributed by atoms with Crippen LogP contribution in [0.4, 0.5) is 0 Å². The first-order chi connectivity index (χ1) is 9.02. The third-order valence-corrected chi connectivity index (χ3v) is 5.10. The van der Waals surface area contributed by atoms with Crippen LogP contribution in [0.5, 0.6) is 5.75 Å².